The van der Waals surface area contributed by atoms with Crippen LogP contribution in [0.1, 0.15) is 66.3 Å². The molecule has 4 heteroatoms. The van der Waals surface area contributed by atoms with E-state index in [0.29, 0.717) is 30.8 Å². The molecule has 1 aliphatic carbocycles. The Balaban J connectivity index is 1.76. The molecule has 1 saturated heterocycles. The van der Waals surface area contributed by atoms with Crippen LogP contribution in [-0.4, -0.2) is 32.1 Å². The molecule has 0 aromatic heterocycles. The first-order valence-electron chi connectivity index (χ1n) is 10.5. The standard InChI is InChI=1S/C24H31NO2S/c1-17(2)21-11-10-19-9-8-18-6-4-5-7-22(18)24(23(19)16-21)20-12-14-25(15-13-20)28(3,26)27/h4-7,10-11,16-17,20,24H,8-9,12-15H2,1-3H3. The Morgan fingerprint density at radius 3 is 2.21 bits per heavy atom. The van der Waals surface area contributed by atoms with Crippen LogP contribution in [-0.2, 0) is 22.9 Å². The van der Waals surface area contributed by atoms with Gasteiger partial charge in [-0.1, -0.05) is 56.3 Å². The largest absolute Gasteiger partial charge is 0.213 e. The van der Waals surface area contributed by atoms with Crippen LogP contribution in [0.4, 0.5) is 0 Å². The number of rotatable bonds is 3. The summed E-state index contributed by atoms with van der Waals surface area (Å²) in [4.78, 5) is 0. The van der Waals surface area contributed by atoms with Gasteiger partial charge in [-0.05, 0) is 65.3 Å². The number of sulfonamides is 1. The summed E-state index contributed by atoms with van der Waals surface area (Å²) in [6.07, 6.45) is 5.36. The lowest BCUT2D eigenvalue weighted by molar-refractivity contribution is 0.257. The van der Waals surface area contributed by atoms with Crippen LogP contribution in [0.25, 0.3) is 0 Å². The first kappa shape index (κ1) is 19.7. The Hall–Kier alpha value is -1.65. The topological polar surface area (TPSA) is 37.4 Å². The zero-order valence-electron chi connectivity index (χ0n) is 17.2. The zero-order chi connectivity index (χ0) is 19.9. The molecule has 1 fully saturated rings. The fourth-order valence-corrected chi connectivity index (χ4v) is 5.91. The van der Waals surface area contributed by atoms with Crippen molar-refractivity contribution in [2.45, 2.75) is 51.4 Å². The van der Waals surface area contributed by atoms with E-state index in [4.69, 9.17) is 0 Å². The number of nitrogens with zero attached hydrogens (tertiary/aromatic N) is 1. The highest BCUT2D eigenvalue weighted by atomic mass is 32.2. The molecule has 0 N–H and O–H groups in total. The van der Waals surface area contributed by atoms with Gasteiger partial charge in [0.25, 0.3) is 0 Å². The van der Waals surface area contributed by atoms with E-state index in [1.54, 1.807) is 4.31 Å². The molecule has 0 saturated carbocycles. The first-order valence-corrected chi connectivity index (χ1v) is 12.3. The number of hydrogen-bond acceptors (Lipinski definition) is 2. The Labute approximate surface area is 169 Å². The maximum Gasteiger partial charge on any atom is 0.211 e. The summed E-state index contributed by atoms with van der Waals surface area (Å²) in [6.45, 7) is 5.79. The molecule has 1 unspecified atom stereocenters. The SMILES string of the molecule is CC(C)c1ccc2c(c1)C(C1CCN(S(C)(=O)=O)CC1)c1ccccc1CC2. The minimum absolute atomic E-state index is 0.370. The maximum absolute atomic E-state index is 12.0. The second-order valence-electron chi connectivity index (χ2n) is 8.79. The quantitative estimate of drug-likeness (QED) is 0.752. The molecule has 0 spiro atoms. The highest BCUT2D eigenvalue weighted by Crippen LogP contribution is 2.44. The molecule has 2 aromatic carbocycles. The predicted octanol–water partition coefficient (Wildman–Crippen LogP) is 4.71. The summed E-state index contributed by atoms with van der Waals surface area (Å²) >= 11 is 0. The summed E-state index contributed by atoms with van der Waals surface area (Å²) in [6, 6.07) is 16.0. The van der Waals surface area contributed by atoms with Crippen molar-refractivity contribution in [3.8, 4) is 0 Å². The van der Waals surface area contributed by atoms with E-state index < -0.39 is 10.0 Å². The lowest BCUT2D eigenvalue weighted by Gasteiger charge is -2.36. The van der Waals surface area contributed by atoms with Gasteiger partial charge in [-0.2, -0.15) is 0 Å². The molecule has 2 aliphatic rings. The van der Waals surface area contributed by atoms with Gasteiger partial charge >= 0.3 is 0 Å². The Morgan fingerprint density at radius 2 is 1.57 bits per heavy atom. The smallest absolute Gasteiger partial charge is 0.211 e. The van der Waals surface area contributed by atoms with Crippen molar-refractivity contribution in [1.82, 2.24) is 4.31 Å². The average Bonchev–Trinajstić information content (AvgIpc) is 2.83. The van der Waals surface area contributed by atoms with Gasteiger partial charge in [-0.15, -0.1) is 0 Å². The molecule has 150 valence electrons. The van der Waals surface area contributed by atoms with Crippen molar-refractivity contribution in [2.75, 3.05) is 19.3 Å². The normalized spacial score (nSPS) is 21.2. The van der Waals surface area contributed by atoms with Crippen LogP contribution < -0.4 is 0 Å². The van der Waals surface area contributed by atoms with Crippen molar-refractivity contribution in [2.24, 2.45) is 5.92 Å². The highest BCUT2D eigenvalue weighted by molar-refractivity contribution is 7.88. The number of fused-ring (bicyclic) bond motifs is 2. The Bertz CT molecular complexity index is 956. The molecule has 0 radical (unpaired) electrons. The Morgan fingerprint density at radius 1 is 0.929 bits per heavy atom. The van der Waals surface area contributed by atoms with Crippen molar-refractivity contribution in [3.05, 3.63) is 70.3 Å². The molecule has 1 aliphatic heterocycles. The summed E-state index contributed by atoms with van der Waals surface area (Å²) in [5.74, 6) is 1.36. The predicted molar refractivity (Wildman–Crippen MR) is 115 cm³/mol. The van der Waals surface area contributed by atoms with Crippen molar-refractivity contribution < 1.29 is 8.42 Å². The number of benzene rings is 2. The van der Waals surface area contributed by atoms with E-state index in [-0.39, 0.29) is 0 Å². The van der Waals surface area contributed by atoms with Gasteiger partial charge in [-0.25, -0.2) is 12.7 Å². The molecule has 2 aromatic rings. The van der Waals surface area contributed by atoms with Crippen LogP contribution in [0.5, 0.6) is 0 Å². The highest BCUT2D eigenvalue weighted by Gasteiger charge is 2.34. The van der Waals surface area contributed by atoms with Gasteiger partial charge in [0, 0.05) is 19.0 Å². The Kier molecular flexibility index (Phi) is 5.36. The van der Waals surface area contributed by atoms with Gasteiger partial charge in [0.05, 0.1) is 6.26 Å². The molecule has 3 nitrogen and oxygen atoms in total. The van der Waals surface area contributed by atoms with Gasteiger partial charge < -0.3 is 0 Å². The summed E-state index contributed by atoms with van der Waals surface area (Å²) in [7, 11) is -3.09. The lowest BCUT2D eigenvalue weighted by atomic mass is 9.74. The molecule has 4 rings (SSSR count). The van der Waals surface area contributed by atoms with Crippen LogP contribution >= 0.6 is 0 Å². The third-order valence-corrected chi connectivity index (χ3v) is 7.97. The van der Waals surface area contributed by atoms with E-state index in [2.05, 4.69) is 56.3 Å². The average molecular weight is 398 g/mol. The minimum Gasteiger partial charge on any atom is -0.213 e. The fourth-order valence-electron chi connectivity index (χ4n) is 5.04. The zero-order valence-corrected chi connectivity index (χ0v) is 18.0. The van der Waals surface area contributed by atoms with Crippen molar-refractivity contribution >= 4 is 10.0 Å². The summed E-state index contributed by atoms with van der Waals surface area (Å²) in [5.41, 5.74) is 7.27. The maximum atomic E-state index is 12.0. The van der Waals surface area contributed by atoms with E-state index in [1.165, 1.54) is 34.1 Å². The molecule has 28 heavy (non-hydrogen) atoms. The molecule has 1 atom stereocenters. The van der Waals surface area contributed by atoms with E-state index in [9.17, 15) is 8.42 Å². The van der Waals surface area contributed by atoms with E-state index in [0.717, 1.165) is 25.7 Å². The molecule has 1 heterocycles. The van der Waals surface area contributed by atoms with Crippen molar-refractivity contribution in [1.29, 1.82) is 0 Å². The first-order chi connectivity index (χ1) is 13.3. The van der Waals surface area contributed by atoms with Crippen LogP contribution in [0.3, 0.4) is 0 Å². The van der Waals surface area contributed by atoms with Crippen molar-refractivity contribution in [3.63, 3.8) is 0 Å². The second-order valence-corrected chi connectivity index (χ2v) is 10.8. The summed E-state index contributed by atoms with van der Waals surface area (Å²) < 4.78 is 25.6. The summed E-state index contributed by atoms with van der Waals surface area (Å²) in [5, 5.41) is 0. The molecule has 0 bridgehead atoms. The lowest BCUT2D eigenvalue weighted by Crippen LogP contribution is -2.39. The van der Waals surface area contributed by atoms with Gasteiger partial charge in [0.1, 0.15) is 0 Å². The molecular weight excluding hydrogens is 366 g/mol. The third kappa shape index (κ3) is 3.77. The van der Waals surface area contributed by atoms with E-state index in [1.807, 2.05) is 0 Å². The third-order valence-electron chi connectivity index (χ3n) is 6.66. The van der Waals surface area contributed by atoms with Crippen LogP contribution in [0, 0.1) is 5.92 Å². The molecular formula is C24H31NO2S. The van der Waals surface area contributed by atoms with E-state index >= 15 is 0 Å². The fraction of sp³-hybridized carbons (Fsp3) is 0.500. The van der Waals surface area contributed by atoms with Gasteiger partial charge in [0.2, 0.25) is 10.0 Å². The second kappa shape index (κ2) is 7.64. The van der Waals surface area contributed by atoms with Crippen LogP contribution in [0.15, 0.2) is 42.5 Å². The molecule has 0 amide bonds. The van der Waals surface area contributed by atoms with Gasteiger partial charge in [0.15, 0.2) is 0 Å². The van der Waals surface area contributed by atoms with Crippen LogP contribution in [0.2, 0.25) is 0 Å². The number of piperidine rings is 1. The number of aryl methyl sites for hydroxylation is 2. The van der Waals surface area contributed by atoms with Gasteiger partial charge in [-0.3, -0.25) is 0 Å². The monoisotopic (exact) mass is 397 g/mol. The minimum atomic E-state index is -3.09. The number of hydrogen-bond donors (Lipinski definition) is 0.